The van der Waals surface area contributed by atoms with Gasteiger partial charge in [0, 0.05) is 0 Å². The molecular formula is C19H18N2O5. The highest BCUT2D eigenvalue weighted by atomic mass is 16.6. The number of para-hydroxylation sites is 2. The van der Waals surface area contributed by atoms with Gasteiger partial charge in [-0.05, 0) is 31.2 Å². The lowest BCUT2D eigenvalue weighted by Crippen LogP contribution is -2.30. The van der Waals surface area contributed by atoms with Gasteiger partial charge in [-0.1, -0.05) is 18.2 Å². The largest absolute Gasteiger partial charge is 0.493 e. The number of methoxy groups -OCH3 is 2. The van der Waals surface area contributed by atoms with Crippen molar-refractivity contribution in [1.29, 1.82) is 5.26 Å². The van der Waals surface area contributed by atoms with Crippen molar-refractivity contribution in [2.45, 2.75) is 13.0 Å². The SMILES string of the molecule is COc1cccc(C(=O)O[C@@H](C)C(=O)Nc2ccccc2C#N)c1OC. The lowest BCUT2D eigenvalue weighted by Gasteiger charge is -2.16. The van der Waals surface area contributed by atoms with Gasteiger partial charge in [0.25, 0.3) is 5.91 Å². The molecule has 0 unspecified atom stereocenters. The molecule has 134 valence electrons. The summed E-state index contributed by atoms with van der Waals surface area (Å²) >= 11 is 0. The highest BCUT2D eigenvalue weighted by Gasteiger charge is 2.23. The number of hydrogen-bond acceptors (Lipinski definition) is 6. The monoisotopic (exact) mass is 354 g/mol. The Bertz CT molecular complexity index is 857. The van der Waals surface area contributed by atoms with Gasteiger partial charge in [0.15, 0.2) is 17.6 Å². The third-order valence-electron chi connectivity index (χ3n) is 3.58. The highest BCUT2D eigenvalue weighted by Crippen LogP contribution is 2.31. The van der Waals surface area contributed by atoms with Gasteiger partial charge in [0.05, 0.1) is 25.5 Å². The van der Waals surface area contributed by atoms with E-state index in [0.717, 1.165) is 0 Å². The summed E-state index contributed by atoms with van der Waals surface area (Å²) in [7, 11) is 2.86. The first kappa shape index (κ1) is 18.8. The molecule has 0 saturated carbocycles. The summed E-state index contributed by atoms with van der Waals surface area (Å²) in [5.41, 5.74) is 0.805. The first-order valence-corrected chi connectivity index (χ1v) is 7.73. The van der Waals surface area contributed by atoms with Crippen LogP contribution in [0.4, 0.5) is 5.69 Å². The number of nitriles is 1. The molecule has 0 spiro atoms. The van der Waals surface area contributed by atoms with Gasteiger partial charge in [0.2, 0.25) is 0 Å². The van der Waals surface area contributed by atoms with Crippen molar-refractivity contribution >= 4 is 17.6 Å². The molecule has 0 aliphatic heterocycles. The second-order valence-corrected chi connectivity index (χ2v) is 5.24. The number of esters is 1. The Kier molecular flexibility index (Phi) is 6.17. The first-order valence-electron chi connectivity index (χ1n) is 7.73. The molecule has 0 saturated heterocycles. The fourth-order valence-corrected chi connectivity index (χ4v) is 2.25. The van der Waals surface area contributed by atoms with Gasteiger partial charge in [-0.15, -0.1) is 0 Å². The number of amides is 1. The minimum absolute atomic E-state index is 0.143. The zero-order valence-electron chi connectivity index (χ0n) is 14.6. The third-order valence-corrected chi connectivity index (χ3v) is 3.58. The average molecular weight is 354 g/mol. The normalized spacial score (nSPS) is 11.0. The van der Waals surface area contributed by atoms with Crippen LogP contribution in [-0.4, -0.2) is 32.2 Å². The predicted octanol–water partition coefficient (Wildman–Crippen LogP) is 2.76. The second kappa shape index (κ2) is 8.53. The van der Waals surface area contributed by atoms with Gasteiger partial charge in [-0.25, -0.2) is 4.79 Å². The molecule has 2 aromatic rings. The zero-order valence-corrected chi connectivity index (χ0v) is 14.6. The van der Waals surface area contributed by atoms with E-state index in [1.165, 1.54) is 27.2 Å². The van der Waals surface area contributed by atoms with Crippen LogP contribution in [0.3, 0.4) is 0 Å². The van der Waals surface area contributed by atoms with Crippen molar-refractivity contribution in [2.24, 2.45) is 0 Å². The molecule has 0 heterocycles. The Morgan fingerprint density at radius 1 is 1.08 bits per heavy atom. The molecule has 1 atom stereocenters. The van der Waals surface area contributed by atoms with E-state index in [4.69, 9.17) is 19.5 Å². The van der Waals surface area contributed by atoms with Crippen LogP contribution in [0, 0.1) is 11.3 Å². The van der Waals surface area contributed by atoms with E-state index in [1.54, 1.807) is 36.4 Å². The smallest absolute Gasteiger partial charge is 0.342 e. The third kappa shape index (κ3) is 4.11. The lowest BCUT2D eigenvalue weighted by atomic mass is 10.2. The summed E-state index contributed by atoms with van der Waals surface area (Å²) in [5.74, 6) is -0.677. The van der Waals surface area contributed by atoms with Crippen molar-refractivity contribution < 1.29 is 23.8 Å². The topological polar surface area (TPSA) is 97.6 Å². The molecule has 7 nitrogen and oxygen atoms in total. The van der Waals surface area contributed by atoms with Crippen molar-refractivity contribution in [3.8, 4) is 17.6 Å². The van der Waals surface area contributed by atoms with Crippen molar-refractivity contribution in [3.05, 3.63) is 53.6 Å². The molecule has 0 aliphatic rings. The molecule has 0 bridgehead atoms. The van der Waals surface area contributed by atoms with Crippen LogP contribution in [0.15, 0.2) is 42.5 Å². The minimum Gasteiger partial charge on any atom is -0.493 e. The fourth-order valence-electron chi connectivity index (χ4n) is 2.25. The van der Waals surface area contributed by atoms with Crippen LogP contribution >= 0.6 is 0 Å². The maximum atomic E-state index is 12.4. The van der Waals surface area contributed by atoms with Gasteiger partial charge < -0.3 is 19.5 Å². The van der Waals surface area contributed by atoms with Crippen LogP contribution in [-0.2, 0) is 9.53 Å². The van der Waals surface area contributed by atoms with Gasteiger partial charge in [0.1, 0.15) is 11.6 Å². The molecule has 0 fully saturated rings. The van der Waals surface area contributed by atoms with Gasteiger partial charge in [-0.3, -0.25) is 4.79 Å². The number of anilines is 1. The summed E-state index contributed by atoms with van der Waals surface area (Å²) in [6, 6.07) is 13.3. The maximum Gasteiger partial charge on any atom is 0.342 e. The molecule has 0 aromatic heterocycles. The molecule has 2 aromatic carbocycles. The van der Waals surface area contributed by atoms with Gasteiger partial charge >= 0.3 is 5.97 Å². The Hall–Kier alpha value is -3.53. The van der Waals surface area contributed by atoms with E-state index in [0.29, 0.717) is 17.0 Å². The summed E-state index contributed by atoms with van der Waals surface area (Å²) in [4.78, 5) is 24.7. The number of carbonyl (C=O) groups excluding carboxylic acids is 2. The first-order chi connectivity index (χ1) is 12.5. The molecule has 0 radical (unpaired) electrons. The predicted molar refractivity (Wildman–Crippen MR) is 94.2 cm³/mol. The number of hydrogen-bond donors (Lipinski definition) is 1. The number of benzene rings is 2. The van der Waals surface area contributed by atoms with E-state index < -0.39 is 18.0 Å². The number of rotatable bonds is 6. The highest BCUT2D eigenvalue weighted by molar-refractivity contribution is 5.99. The summed E-state index contributed by atoms with van der Waals surface area (Å²) < 4.78 is 15.6. The van der Waals surface area contributed by atoms with Crippen LogP contribution in [0.25, 0.3) is 0 Å². The molecule has 2 rings (SSSR count). The van der Waals surface area contributed by atoms with E-state index in [9.17, 15) is 9.59 Å². The molecule has 1 N–H and O–H groups in total. The minimum atomic E-state index is -1.08. The quantitative estimate of drug-likeness (QED) is 0.801. The number of ether oxygens (including phenoxy) is 3. The number of nitrogens with one attached hydrogen (secondary N) is 1. The fraction of sp³-hybridized carbons (Fsp3) is 0.211. The van der Waals surface area contributed by atoms with Crippen LogP contribution in [0.5, 0.6) is 11.5 Å². The molecule has 1 amide bonds. The summed E-state index contributed by atoms with van der Waals surface area (Å²) in [5, 5.41) is 11.6. The number of nitrogens with zero attached hydrogens (tertiary/aromatic N) is 1. The average Bonchev–Trinajstić information content (AvgIpc) is 2.67. The Morgan fingerprint density at radius 2 is 1.81 bits per heavy atom. The zero-order chi connectivity index (χ0) is 19.1. The molecule has 7 heteroatoms. The van der Waals surface area contributed by atoms with Crippen LogP contribution in [0.2, 0.25) is 0 Å². The number of carbonyl (C=O) groups is 2. The molecular weight excluding hydrogens is 336 g/mol. The summed E-state index contributed by atoms with van der Waals surface area (Å²) in [6.07, 6.45) is -1.08. The Morgan fingerprint density at radius 3 is 2.46 bits per heavy atom. The van der Waals surface area contributed by atoms with Crippen LogP contribution < -0.4 is 14.8 Å². The second-order valence-electron chi connectivity index (χ2n) is 5.24. The van der Waals surface area contributed by atoms with E-state index in [1.807, 2.05) is 6.07 Å². The van der Waals surface area contributed by atoms with Crippen LogP contribution in [0.1, 0.15) is 22.8 Å². The van der Waals surface area contributed by atoms with Crippen molar-refractivity contribution in [3.63, 3.8) is 0 Å². The molecule has 0 aliphatic carbocycles. The van der Waals surface area contributed by atoms with Crippen molar-refractivity contribution in [1.82, 2.24) is 0 Å². The van der Waals surface area contributed by atoms with E-state index in [2.05, 4.69) is 5.32 Å². The Balaban J connectivity index is 2.12. The maximum absolute atomic E-state index is 12.4. The van der Waals surface area contributed by atoms with E-state index >= 15 is 0 Å². The lowest BCUT2D eigenvalue weighted by molar-refractivity contribution is -0.123. The van der Waals surface area contributed by atoms with Gasteiger partial charge in [-0.2, -0.15) is 5.26 Å². The van der Waals surface area contributed by atoms with Crippen molar-refractivity contribution in [2.75, 3.05) is 19.5 Å². The Labute approximate surface area is 151 Å². The summed E-state index contributed by atoms with van der Waals surface area (Å²) in [6.45, 7) is 1.44. The van der Waals surface area contributed by atoms with E-state index in [-0.39, 0.29) is 11.3 Å². The molecule has 26 heavy (non-hydrogen) atoms. The standard InChI is InChI=1S/C19H18N2O5/c1-12(18(22)21-15-9-5-4-7-13(15)11-20)26-19(23)14-8-6-10-16(24-2)17(14)25-3/h4-10,12H,1-3H3,(H,21,22)/t12-/m0/s1.